The summed E-state index contributed by atoms with van der Waals surface area (Å²) < 4.78 is 0. The lowest BCUT2D eigenvalue weighted by atomic mass is 10.1. The number of halogens is 2. The van der Waals surface area contributed by atoms with Gasteiger partial charge in [-0.15, -0.1) is 0 Å². The highest BCUT2D eigenvalue weighted by Gasteiger charge is 2.06. The van der Waals surface area contributed by atoms with Crippen LogP contribution in [0.15, 0.2) is 0 Å². The van der Waals surface area contributed by atoms with E-state index in [1.54, 1.807) is 0 Å². The molecule has 0 aromatic carbocycles. The van der Waals surface area contributed by atoms with Crippen LogP contribution >= 0.6 is 31.9 Å². The van der Waals surface area contributed by atoms with Gasteiger partial charge in [0.1, 0.15) is 0 Å². The zero-order chi connectivity index (χ0) is 8.53. The maximum Gasteiger partial charge on any atom is 0.0858 e. The smallest absolute Gasteiger partial charge is 0.0858 e. The Morgan fingerprint density at radius 3 is 2.45 bits per heavy atom. The van der Waals surface area contributed by atoms with Crippen LogP contribution in [-0.4, -0.2) is 23.9 Å². The number of hydrogen-bond donors (Lipinski definition) is 0. The highest BCUT2D eigenvalue weighted by atomic mass is 79.9. The summed E-state index contributed by atoms with van der Waals surface area (Å²) in [5.41, 5.74) is 0. The third kappa shape index (κ3) is 7.25. The Morgan fingerprint density at radius 1 is 1.27 bits per heavy atom. The molecule has 1 atom stereocenters. The monoisotopic (exact) mass is 288 g/mol. The first-order valence-corrected chi connectivity index (χ1v) is 5.95. The van der Waals surface area contributed by atoms with Gasteiger partial charge in [-0.25, -0.2) is 9.78 Å². The van der Waals surface area contributed by atoms with E-state index in [-0.39, 0.29) is 0 Å². The van der Waals surface area contributed by atoms with Crippen molar-refractivity contribution in [3.05, 3.63) is 0 Å². The Balaban J connectivity index is 3.20. The Morgan fingerprint density at radius 2 is 2.00 bits per heavy atom. The van der Waals surface area contributed by atoms with E-state index in [1.165, 1.54) is 0 Å². The molecule has 0 rings (SSSR count). The first-order chi connectivity index (χ1) is 5.35. The van der Waals surface area contributed by atoms with Crippen molar-refractivity contribution in [2.45, 2.75) is 13.3 Å². The minimum absolute atomic E-state index is 0.543. The van der Waals surface area contributed by atoms with E-state index in [9.17, 15) is 0 Å². The molecule has 0 heterocycles. The van der Waals surface area contributed by atoms with Gasteiger partial charge < -0.3 is 0 Å². The van der Waals surface area contributed by atoms with E-state index in [1.807, 2.05) is 6.92 Å². The summed E-state index contributed by atoms with van der Waals surface area (Å²) in [4.78, 5) is 9.71. The third-order valence-electron chi connectivity index (χ3n) is 1.24. The molecule has 11 heavy (non-hydrogen) atoms. The fourth-order valence-electron chi connectivity index (χ4n) is 0.587. The van der Waals surface area contributed by atoms with E-state index >= 15 is 0 Å². The van der Waals surface area contributed by atoms with Crippen molar-refractivity contribution in [1.29, 1.82) is 0 Å². The molecule has 0 spiro atoms. The third-order valence-corrected chi connectivity index (χ3v) is 2.61. The Hall–Kier alpha value is 0.880. The molecule has 2 nitrogen and oxygen atoms in total. The highest BCUT2D eigenvalue weighted by Crippen LogP contribution is 2.09. The van der Waals surface area contributed by atoms with Crippen LogP contribution in [0.3, 0.4) is 0 Å². The van der Waals surface area contributed by atoms with Gasteiger partial charge in [-0.1, -0.05) is 31.9 Å². The zero-order valence-corrected chi connectivity index (χ0v) is 9.86. The van der Waals surface area contributed by atoms with Crippen LogP contribution < -0.4 is 0 Å². The van der Waals surface area contributed by atoms with E-state index in [0.29, 0.717) is 19.1 Å². The largest absolute Gasteiger partial charge is 0.237 e. The molecule has 0 N–H and O–H groups in total. The van der Waals surface area contributed by atoms with Gasteiger partial charge in [-0.2, -0.15) is 0 Å². The van der Waals surface area contributed by atoms with Gasteiger partial charge in [0.25, 0.3) is 0 Å². The van der Waals surface area contributed by atoms with E-state index < -0.39 is 0 Å². The van der Waals surface area contributed by atoms with Gasteiger partial charge in [0.15, 0.2) is 0 Å². The van der Waals surface area contributed by atoms with Crippen molar-refractivity contribution < 1.29 is 9.78 Å². The lowest BCUT2D eigenvalue weighted by Crippen LogP contribution is -2.12. The molecule has 0 saturated heterocycles. The van der Waals surface area contributed by atoms with Crippen molar-refractivity contribution in [2.24, 2.45) is 5.92 Å². The normalized spacial score (nSPS) is 13.4. The Kier molecular flexibility index (Phi) is 9.69. The van der Waals surface area contributed by atoms with Crippen molar-refractivity contribution in [1.82, 2.24) is 0 Å². The lowest BCUT2D eigenvalue weighted by molar-refractivity contribution is -0.296. The molecule has 4 heteroatoms. The average molecular weight is 290 g/mol. The van der Waals surface area contributed by atoms with E-state index in [2.05, 4.69) is 31.9 Å². The SMILES string of the molecule is CCOOCC(CBr)CCBr. The van der Waals surface area contributed by atoms with Gasteiger partial charge >= 0.3 is 0 Å². The topological polar surface area (TPSA) is 18.5 Å². The summed E-state index contributed by atoms with van der Waals surface area (Å²) in [7, 11) is 0. The average Bonchev–Trinajstić information content (AvgIpc) is 2.03. The molecule has 0 saturated carbocycles. The quantitative estimate of drug-likeness (QED) is 0.311. The molecule has 0 aromatic heterocycles. The van der Waals surface area contributed by atoms with Gasteiger partial charge in [0.05, 0.1) is 13.2 Å². The van der Waals surface area contributed by atoms with Crippen LogP contribution in [0.5, 0.6) is 0 Å². The molecule has 0 aliphatic heterocycles. The molecular formula is C7H14Br2O2. The maximum absolute atomic E-state index is 4.94. The van der Waals surface area contributed by atoms with Crippen LogP contribution in [0, 0.1) is 5.92 Å². The summed E-state index contributed by atoms with van der Waals surface area (Å²) in [6, 6.07) is 0. The minimum atomic E-state index is 0.543. The fourth-order valence-corrected chi connectivity index (χ4v) is 1.75. The second-order valence-electron chi connectivity index (χ2n) is 2.19. The van der Waals surface area contributed by atoms with Crippen LogP contribution in [-0.2, 0) is 9.78 Å². The zero-order valence-electron chi connectivity index (χ0n) is 6.69. The lowest BCUT2D eigenvalue weighted by Gasteiger charge is -2.10. The molecule has 68 valence electrons. The summed E-state index contributed by atoms with van der Waals surface area (Å²) in [5, 5.41) is 1.98. The van der Waals surface area contributed by atoms with E-state index in [0.717, 1.165) is 17.1 Å². The predicted molar refractivity (Wildman–Crippen MR) is 53.3 cm³/mol. The summed E-state index contributed by atoms with van der Waals surface area (Å²) in [6.45, 7) is 3.20. The standard InChI is InChI=1S/C7H14Br2O2/c1-2-10-11-6-7(5-9)3-4-8/h7H,2-6H2,1H3. The number of rotatable bonds is 7. The molecule has 0 aliphatic carbocycles. The first kappa shape index (κ1) is 11.9. The Bertz CT molecular complexity index is 80.8. The summed E-state index contributed by atoms with van der Waals surface area (Å²) >= 11 is 6.80. The summed E-state index contributed by atoms with van der Waals surface area (Å²) in [6.07, 6.45) is 1.11. The molecule has 0 fully saturated rings. The molecule has 0 amide bonds. The van der Waals surface area contributed by atoms with Gasteiger partial charge in [-0.05, 0) is 19.3 Å². The fraction of sp³-hybridized carbons (Fsp3) is 1.00. The summed E-state index contributed by atoms with van der Waals surface area (Å²) in [5.74, 6) is 0.543. The molecule has 0 bridgehead atoms. The molecule has 0 radical (unpaired) electrons. The molecule has 0 aliphatic rings. The number of alkyl halides is 2. The van der Waals surface area contributed by atoms with Crippen LogP contribution in [0.4, 0.5) is 0 Å². The van der Waals surface area contributed by atoms with Crippen LogP contribution in [0.2, 0.25) is 0 Å². The second kappa shape index (κ2) is 8.97. The Labute approximate surface area is 84.8 Å². The first-order valence-electron chi connectivity index (χ1n) is 3.71. The van der Waals surface area contributed by atoms with Crippen LogP contribution in [0.25, 0.3) is 0 Å². The van der Waals surface area contributed by atoms with Crippen LogP contribution in [0.1, 0.15) is 13.3 Å². The van der Waals surface area contributed by atoms with Crippen molar-refractivity contribution in [3.8, 4) is 0 Å². The predicted octanol–water partition coefficient (Wildman–Crippen LogP) is 2.75. The van der Waals surface area contributed by atoms with Gasteiger partial charge in [-0.3, -0.25) is 0 Å². The van der Waals surface area contributed by atoms with E-state index in [4.69, 9.17) is 9.78 Å². The van der Waals surface area contributed by atoms with Crippen molar-refractivity contribution >= 4 is 31.9 Å². The molecule has 1 unspecified atom stereocenters. The molecular weight excluding hydrogens is 276 g/mol. The second-order valence-corrected chi connectivity index (χ2v) is 3.63. The van der Waals surface area contributed by atoms with Crippen molar-refractivity contribution in [3.63, 3.8) is 0 Å². The molecule has 0 aromatic rings. The minimum Gasteiger partial charge on any atom is -0.237 e. The highest BCUT2D eigenvalue weighted by molar-refractivity contribution is 9.09. The number of hydrogen-bond acceptors (Lipinski definition) is 2. The van der Waals surface area contributed by atoms with Gasteiger partial charge in [0.2, 0.25) is 0 Å². The van der Waals surface area contributed by atoms with Gasteiger partial charge in [0, 0.05) is 10.7 Å². The maximum atomic E-state index is 4.94. The van der Waals surface area contributed by atoms with Crippen molar-refractivity contribution in [2.75, 3.05) is 23.9 Å².